The molecular weight excluding hydrogens is 468 g/mol. The first-order valence-corrected chi connectivity index (χ1v) is 12.5. The van der Waals surface area contributed by atoms with Gasteiger partial charge in [0.2, 0.25) is 11.8 Å². The first kappa shape index (κ1) is 23.2. The lowest BCUT2D eigenvalue weighted by atomic mass is 10.1. The number of fused-ring (bicyclic) bond motifs is 2. The van der Waals surface area contributed by atoms with Crippen molar-refractivity contribution in [2.24, 2.45) is 0 Å². The predicted molar refractivity (Wildman–Crippen MR) is 144 cm³/mol. The fourth-order valence-corrected chi connectivity index (χ4v) is 4.93. The van der Waals surface area contributed by atoms with Crippen LogP contribution in [-0.4, -0.2) is 69.0 Å². The molecule has 0 aliphatic carbocycles. The molecule has 5 heterocycles. The minimum atomic E-state index is -0.178. The van der Waals surface area contributed by atoms with Crippen LogP contribution < -0.4 is 20.5 Å². The van der Waals surface area contributed by atoms with Crippen molar-refractivity contribution in [2.75, 3.05) is 50.1 Å². The standard InChI is InChI=1S/C27H30N8O2/c1-4-9-34-26(36)23-16-29-27(30-19-5-7-20(8-6-19)33-12-10-32(3)11-13-33)31-24(23)35(34)21-14-22-18(2)17-37-25(22)28-15-21/h4-8,14-16,18H,1,9-13,17H2,2-3H3,(H,29,30,31). The van der Waals surface area contributed by atoms with Gasteiger partial charge in [0, 0.05) is 55.2 Å². The molecule has 6 rings (SSSR count). The van der Waals surface area contributed by atoms with Crippen LogP contribution in [0, 0.1) is 0 Å². The molecule has 0 saturated carbocycles. The molecule has 1 saturated heterocycles. The maximum atomic E-state index is 13.2. The van der Waals surface area contributed by atoms with Crippen LogP contribution >= 0.6 is 0 Å². The predicted octanol–water partition coefficient (Wildman–Crippen LogP) is 3.15. The Balaban J connectivity index is 1.34. The van der Waals surface area contributed by atoms with Crippen molar-refractivity contribution < 1.29 is 4.74 Å². The first-order valence-electron chi connectivity index (χ1n) is 12.5. The molecule has 190 valence electrons. The van der Waals surface area contributed by atoms with Crippen molar-refractivity contribution in [3.63, 3.8) is 0 Å². The monoisotopic (exact) mass is 498 g/mol. The van der Waals surface area contributed by atoms with E-state index in [9.17, 15) is 4.79 Å². The van der Waals surface area contributed by atoms with Gasteiger partial charge in [-0.05, 0) is 37.4 Å². The van der Waals surface area contributed by atoms with E-state index in [1.54, 1.807) is 27.8 Å². The van der Waals surface area contributed by atoms with Crippen LogP contribution in [0.2, 0.25) is 0 Å². The van der Waals surface area contributed by atoms with E-state index in [4.69, 9.17) is 9.72 Å². The highest BCUT2D eigenvalue weighted by molar-refractivity contribution is 5.77. The Morgan fingerprint density at radius 2 is 1.89 bits per heavy atom. The second kappa shape index (κ2) is 9.36. The number of pyridine rings is 1. The Bertz CT molecular complexity index is 1520. The molecule has 1 fully saturated rings. The van der Waals surface area contributed by atoms with Gasteiger partial charge in [0.05, 0.1) is 25.0 Å². The molecular formula is C27H30N8O2. The van der Waals surface area contributed by atoms with E-state index in [0.29, 0.717) is 36.0 Å². The fraction of sp³-hybridized carbons (Fsp3) is 0.333. The number of anilines is 3. The van der Waals surface area contributed by atoms with Crippen LogP contribution in [-0.2, 0) is 6.54 Å². The highest BCUT2D eigenvalue weighted by Gasteiger charge is 2.24. The quantitative estimate of drug-likeness (QED) is 0.405. The third-order valence-electron chi connectivity index (χ3n) is 7.08. The lowest BCUT2D eigenvalue weighted by molar-refractivity contribution is 0.313. The van der Waals surface area contributed by atoms with E-state index in [2.05, 4.69) is 57.8 Å². The average Bonchev–Trinajstić information content (AvgIpc) is 3.41. The molecule has 0 spiro atoms. The third-order valence-corrected chi connectivity index (χ3v) is 7.08. The number of hydrogen-bond donors (Lipinski definition) is 1. The molecule has 4 aromatic rings. The molecule has 10 heteroatoms. The molecule has 1 N–H and O–H groups in total. The van der Waals surface area contributed by atoms with Gasteiger partial charge in [0.25, 0.3) is 5.56 Å². The maximum absolute atomic E-state index is 13.2. The molecule has 2 aliphatic heterocycles. The zero-order valence-electron chi connectivity index (χ0n) is 21.1. The van der Waals surface area contributed by atoms with E-state index in [0.717, 1.165) is 43.1 Å². The van der Waals surface area contributed by atoms with Crippen LogP contribution in [0.5, 0.6) is 5.88 Å². The molecule has 1 aromatic carbocycles. The highest BCUT2D eigenvalue weighted by atomic mass is 16.5. The van der Waals surface area contributed by atoms with Crippen LogP contribution in [0.25, 0.3) is 16.7 Å². The van der Waals surface area contributed by atoms with Gasteiger partial charge in [-0.2, -0.15) is 4.98 Å². The molecule has 0 bridgehead atoms. The summed E-state index contributed by atoms with van der Waals surface area (Å²) in [5.41, 5.74) is 4.17. The second-order valence-corrected chi connectivity index (χ2v) is 9.68. The SMILES string of the molecule is C=CCn1c(=O)c2cnc(Nc3ccc(N4CCN(C)CC4)cc3)nc2n1-c1cnc2c(c1)C(C)CO2. The summed E-state index contributed by atoms with van der Waals surface area (Å²) in [7, 11) is 2.15. The van der Waals surface area contributed by atoms with Crippen LogP contribution in [0.3, 0.4) is 0 Å². The van der Waals surface area contributed by atoms with Gasteiger partial charge in [0.1, 0.15) is 5.39 Å². The number of likely N-dealkylation sites (N-methyl/N-ethyl adjacent to an activating group) is 1. The van der Waals surface area contributed by atoms with E-state index >= 15 is 0 Å². The van der Waals surface area contributed by atoms with Crippen molar-refractivity contribution in [1.82, 2.24) is 29.2 Å². The number of piperazine rings is 1. The Morgan fingerprint density at radius 1 is 1.11 bits per heavy atom. The molecule has 0 amide bonds. The molecule has 1 unspecified atom stereocenters. The second-order valence-electron chi connectivity index (χ2n) is 9.68. The number of hydrogen-bond acceptors (Lipinski definition) is 8. The largest absolute Gasteiger partial charge is 0.477 e. The minimum absolute atomic E-state index is 0.178. The molecule has 2 aliphatic rings. The van der Waals surface area contributed by atoms with Gasteiger partial charge in [-0.3, -0.25) is 4.79 Å². The minimum Gasteiger partial charge on any atom is -0.477 e. The lowest BCUT2D eigenvalue weighted by Gasteiger charge is -2.34. The normalized spacial score (nSPS) is 17.6. The smallest absolute Gasteiger partial charge is 0.278 e. The van der Waals surface area contributed by atoms with Gasteiger partial charge < -0.3 is 19.9 Å². The summed E-state index contributed by atoms with van der Waals surface area (Å²) in [6, 6.07) is 10.3. The van der Waals surface area contributed by atoms with E-state index < -0.39 is 0 Å². The molecule has 37 heavy (non-hydrogen) atoms. The average molecular weight is 499 g/mol. The van der Waals surface area contributed by atoms with E-state index in [1.165, 1.54) is 5.69 Å². The Morgan fingerprint density at radius 3 is 2.65 bits per heavy atom. The molecule has 3 aromatic heterocycles. The summed E-state index contributed by atoms with van der Waals surface area (Å²) >= 11 is 0. The summed E-state index contributed by atoms with van der Waals surface area (Å²) in [6.07, 6.45) is 4.98. The number of nitrogens with zero attached hydrogens (tertiary/aromatic N) is 7. The Hall–Kier alpha value is -4.18. The first-order chi connectivity index (χ1) is 18.0. The highest BCUT2D eigenvalue weighted by Crippen LogP contribution is 2.33. The van der Waals surface area contributed by atoms with Crippen LogP contribution in [0.1, 0.15) is 18.4 Å². The molecule has 0 radical (unpaired) electrons. The van der Waals surface area contributed by atoms with Crippen molar-refractivity contribution in [1.29, 1.82) is 0 Å². The zero-order chi connectivity index (χ0) is 25.5. The number of nitrogens with one attached hydrogen (secondary N) is 1. The van der Waals surface area contributed by atoms with Crippen LogP contribution in [0.15, 0.2) is 60.2 Å². The van der Waals surface area contributed by atoms with Gasteiger partial charge >= 0.3 is 0 Å². The van der Waals surface area contributed by atoms with Crippen molar-refractivity contribution in [3.05, 3.63) is 71.3 Å². The fourth-order valence-electron chi connectivity index (χ4n) is 4.93. The van der Waals surface area contributed by atoms with E-state index in [-0.39, 0.29) is 11.5 Å². The number of allylic oxidation sites excluding steroid dienone is 1. The summed E-state index contributed by atoms with van der Waals surface area (Å²) in [5, 5.41) is 3.72. The third kappa shape index (κ3) is 4.23. The van der Waals surface area contributed by atoms with Gasteiger partial charge in [-0.25, -0.2) is 19.3 Å². The lowest BCUT2D eigenvalue weighted by Crippen LogP contribution is -2.44. The van der Waals surface area contributed by atoms with Crippen molar-refractivity contribution in [2.45, 2.75) is 19.4 Å². The zero-order valence-corrected chi connectivity index (χ0v) is 21.1. The summed E-state index contributed by atoms with van der Waals surface area (Å²) in [6.45, 7) is 11.0. The number of rotatable bonds is 6. The summed E-state index contributed by atoms with van der Waals surface area (Å²) in [5.74, 6) is 1.28. The van der Waals surface area contributed by atoms with Crippen LogP contribution in [0.4, 0.5) is 17.3 Å². The van der Waals surface area contributed by atoms with E-state index in [1.807, 2.05) is 18.2 Å². The number of ether oxygens (including phenoxy) is 1. The Labute approximate surface area is 214 Å². The van der Waals surface area contributed by atoms with Gasteiger partial charge in [0.15, 0.2) is 5.65 Å². The number of aromatic nitrogens is 5. The molecule has 10 nitrogen and oxygen atoms in total. The van der Waals surface area contributed by atoms with Gasteiger partial charge in [-0.15, -0.1) is 6.58 Å². The topological polar surface area (TPSA) is 93.3 Å². The van der Waals surface area contributed by atoms with Crippen molar-refractivity contribution >= 4 is 28.4 Å². The van der Waals surface area contributed by atoms with Gasteiger partial charge in [-0.1, -0.05) is 13.0 Å². The maximum Gasteiger partial charge on any atom is 0.278 e. The summed E-state index contributed by atoms with van der Waals surface area (Å²) < 4.78 is 9.06. The number of benzene rings is 1. The van der Waals surface area contributed by atoms with Crippen molar-refractivity contribution in [3.8, 4) is 11.6 Å². The molecule has 1 atom stereocenters. The Kier molecular flexibility index (Phi) is 5.88. The summed E-state index contributed by atoms with van der Waals surface area (Å²) in [4.78, 5) is 31.6.